The van der Waals surface area contributed by atoms with Gasteiger partial charge in [0.1, 0.15) is 0 Å². The molecule has 2 atom stereocenters. The molecule has 0 radical (unpaired) electrons. The lowest BCUT2D eigenvalue weighted by Crippen LogP contribution is -2.22. The van der Waals surface area contributed by atoms with Crippen LogP contribution in [-0.2, 0) is 21.1 Å². The molecule has 0 saturated carbocycles. The number of aromatic nitrogens is 2. The van der Waals surface area contributed by atoms with Gasteiger partial charge in [-0.1, -0.05) is 29.5 Å². The van der Waals surface area contributed by atoms with Crippen LogP contribution in [0.4, 0.5) is 5.69 Å². The quantitative estimate of drug-likeness (QED) is 0.732. The maximum Gasteiger partial charge on any atom is 0.277 e. The topological polar surface area (TPSA) is 102 Å². The highest BCUT2D eigenvalue weighted by Gasteiger charge is 2.29. The van der Waals surface area contributed by atoms with E-state index in [0.717, 1.165) is 16.8 Å². The van der Waals surface area contributed by atoms with Crippen molar-refractivity contribution in [2.45, 2.75) is 44.1 Å². The van der Waals surface area contributed by atoms with E-state index in [0.29, 0.717) is 24.0 Å². The van der Waals surface area contributed by atoms with E-state index in [1.54, 1.807) is 6.92 Å². The standard InChI is InChI=1S/C18H23N3O4S2/c1-11-4-5-15(12(2)8-11)19-17(22)13(3)26-18-21-20-16(25-18)9-14-6-7-27(23,24)10-14/h4-5,8,13-14H,6-7,9-10H2,1-3H3,(H,19,22)/t13-,14+/m1/s1. The van der Waals surface area contributed by atoms with Crippen LogP contribution < -0.4 is 5.32 Å². The Balaban J connectivity index is 1.55. The number of carbonyl (C=O) groups excluding carboxylic acids is 1. The Labute approximate surface area is 163 Å². The largest absolute Gasteiger partial charge is 0.416 e. The van der Waals surface area contributed by atoms with Crippen LogP contribution in [0.3, 0.4) is 0 Å². The molecule has 0 unspecified atom stereocenters. The summed E-state index contributed by atoms with van der Waals surface area (Å²) in [4.78, 5) is 12.4. The first kappa shape index (κ1) is 19.9. The van der Waals surface area contributed by atoms with Crippen molar-refractivity contribution >= 4 is 33.2 Å². The lowest BCUT2D eigenvalue weighted by Gasteiger charge is -2.12. The van der Waals surface area contributed by atoms with E-state index in [-0.39, 0.29) is 23.3 Å². The van der Waals surface area contributed by atoms with Crippen molar-refractivity contribution in [2.75, 3.05) is 16.8 Å². The average molecular weight is 410 g/mol. The lowest BCUT2D eigenvalue weighted by atomic mass is 10.1. The minimum atomic E-state index is -2.92. The maximum atomic E-state index is 12.4. The molecule has 1 aromatic carbocycles. The Morgan fingerprint density at radius 3 is 2.81 bits per heavy atom. The Morgan fingerprint density at radius 2 is 2.15 bits per heavy atom. The van der Waals surface area contributed by atoms with Crippen LogP contribution in [0.15, 0.2) is 27.8 Å². The molecule has 1 aliphatic rings. The van der Waals surface area contributed by atoms with Crippen molar-refractivity contribution in [3.8, 4) is 0 Å². The predicted molar refractivity (Wildman–Crippen MR) is 105 cm³/mol. The molecule has 2 heterocycles. The molecule has 3 rings (SSSR count). The number of carbonyl (C=O) groups is 1. The van der Waals surface area contributed by atoms with Crippen LogP contribution in [0.2, 0.25) is 0 Å². The van der Waals surface area contributed by atoms with Gasteiger partial charge in [0.2, 0.25) is 11.8 Å². The summed E-state index contributed by atoms with van der Waals surface area (Å²) in [5, 5.41) is 10.8. The number of sulfone groups is 1. The second-order valence-corrected chi connectivity index (χ2v) is 10.5. The summed E-state index contributed by atoms with van der Waals surface area (Å²) >= 11 is 1.19. The zero-order valence-corrected chi connectivity index (χ0v) is 17.2. The van der Waals surface area contributed by atoms with Gasteiger partial charge in [-0.2, -0.15) is 0 Å². The number of hydrogen-bond acceptors (Lipinski definition) is 7. The molecule has 0 spiro atoms. The summed E-state index contributed by atoms with van der Waals surface area (Å²) in [6.45, 7) is 5.73. The van der Waals surface area contributed by atoms with Crippen LogP contribution in [-0.4, -0.2) is 41.3 Å². The molecule has 0 bridgehead atoms. The number of thioether (sulfide) groups is 1. The number of benzene rings is 1. The SMILES string of the molecule is Cc1ccc(NC(=O)[C@@H](C)Sc2nnc(C[C@@H]3CCS(=O)(=O)C3)o2)c(C)c1. The van der Waals surface area contributed by atoms with Gasteiger partial charge in [-0.05, 0) is 44.7 Å². The first-order valence-electron chi connectivity index (χ1n) is 8.79. The van der Waals surface area contributed by atoms with Crippen LogP contribution in [0, 0.1) is 19.8 Å². The molecular formula is C18H23N3O4S2. The van der Waals surface area contributed by atoms with E-state index in [2.05, 4.69) is 15.5 Å². The Kier molecular flexibility index (Phi) is 5.90. The summed E-state index contributed by atoms with van der Waals surface area (Å²) in [7, 11) is -2.92. The number of amides is 1. The van der Waals surface area contributed by atoms with Gasteiger partial charge in [0.15, 0.2) is 9.84 Å². The number of nitrogens with zero attached hydrogens (tertiary/aromatic N) is 2. The molecule has 1 aromatic heterocycles. The van der Waals surface area contributed by atoms with Gasteiger partial charge in [0, 0.05) is 12.1 Å². The fraction of sp³-hybridized carbons (Fsp3) is 0.500. The predicted octanol–water partition coefficient (Wildman–Crippen LogP) is 2.78. The Bertz CT molecular complexity index is 940. The summed E-state index contributed by atoms with van der Waals surface area (Å²) in [6, 6.07) is 5.86. The zero-order valence-electron chi connectivity index (χ0n) is 15.6. The summed E-state index contributed by atoms with van der Waals surface area (Å²) in [5.74, 6) is 0.698. The minimum Gasteiger partial charge on any atom is -0.416 e. The second-order valence-electron chi connectivity index (χ2n) is 7.00. The van der Waals surface area contributed by atoms with Crippen molar-refractivity contribution in [2.24, 2.45) is 5.92 Å². The monoisotopic (exact) mass is 409 g/mol. The normalized spacial score (nSPS) is 19.7. The summed E-state index contributed by atoms with van der Waals surface area (Å²) < 4.78 is 28.7. The third-order valence-electron chi connectivity index (χ3n) is 4.52. The van der Waals surface area contributed by atoms with Crippen molar-refractivity contribution < 1.29 is 17.6 Å². The van der Waals surface area contributed by atoms with Crippen LogP contribution in [0.1, 0.15) is 30.4 Å². The first-order chi connectivity index (χ1) is 12.7. The van der Waals surface area contributed by atoms with E-state index in [1.165, 1.54) is 11.8 Å². The maximum absolute atomic E-state index is 12.4. The van der Waals surface area contributed by atoms with E-state index < -0.39 is 15.1 Å². The third-order valence-corrected chi connectivity index (χ3v) is 7.30. The number of hydrogen-bond donors (Lipinski definition) is 1. The molecule has 1 N–H and O–H groups in total. The zero-order chi connectivity index (χ0) is 19.6. The van der Waals surface area contributed by atoms with E-state index in [1.807, 2.05) is 32.0 Å². The highest BCUT2D eigenvalue weighted by Crippen LogP contribution is 2.26. The highest BCUT2D eigenvalue weighted by atomic mass is 32.2. The van der Waals surface area contributed by atoms with E-state index in [9.17, 15) is 13.2 Å². The van der Waals surface area contributed by atoms with Gasteiger partial charge < -0.3 is 9.73 Å². The van der Waals surface area contributed by atoms with Crippen molar-refractivity contribution in [1.29, 1.82) is 0 Å². The fourth-order valence-corrected chi connectivity index (χ4v) is 5.60. The summed E-state index contributed by atoms with van der Waals surface area (Å²) in [5.41, 5.74) is 2.93. The Morgan fingerprint density at radius 1 is 1.37 bits per heavy atom. The molecule has 1 saturated heterocycles. The minimum absolute atomic E-state index is 0.0264. The molecule has 1 fully saturated rings. The van der Waals surface area contributed by atoms with Gasteiger partial charge >= 0.3 is 0 Å². The molecule has 9 heteroatoms. The molecule has 1 amide bonds. The summed E-state index contributed by atoms with van der Waals surface area (Å²) in [6.07, 6.45) is 1.08. The van der Waals surface area contributed by atoms with Crippen molar-refractivity contribution in [1.82, 2.24) is 10.2 Å². The molecule has 7 nitrogen and oxygen atoms in total. The van der Waals surface area contributed by atoms with Gasteiger partial charge in [0.05, 0.1) is 16.8 Å². The van der Waals surface area contributed by atoms with Crippen LogP contribution in [0.5, 0.6) is 0 Å². The highest BCUT2D eigenvalue weighted by molar-refractivity contribution is 8.00. The van der Waals surface area contributed by atoms with E-state index in [4.69, 9.17) is 4.42 Å². The van der Waals surface area contributed by atoms with Crippen molar-refractivity contribution in [3.63, 3.8) is 0 Å². The van der Waals surface area contributed by atoms with Gasteiger partial charge in [-0.25, -0.2) is 8.42 Å². The molecule has 0 aliphatic carbocycles. The van der Waals surface area contributed by atoms with Crippen molar-refractivity contribution in [3.05, 3.63) is 35.2 Å². The van der Waals surface area contributed by atoms with Gasteiger partial charge in [-0.15, -0.1) is 10.2 Å². The van der Waals surface area contributed by atoms with E-state index >= 15 is 0 Å². The molecule has 1 aliphatic heterocycles. The van der Waals surface area contributed by atoms with Crippen LogP contribution in [0.25, 0.3) is 0 Å². The third kappa shape index (κ3) is 5.32. The fourth-order valence-electron chi connectivity index (χ4n) is 3.04. The molecule has 2 aromatic rings. The molecule has 27 heavy (non-hydrogen) atoms. The van der Waals surface area contributed by atoms with Gasteiger partial charge in [-0.3, -0.25) is 4.79 Å². The average Bonchev–Trinajstić information content (AvgIpc) is 3.16. The number of aryl methyl sites for hydroxylation is 2. The smallest absolute Gasteiger partial charge is 0.277 e. The molecule has 146 valence electrons. The Hall–Kier alpha value is -1.87. The van der Waals surface area contributed by atoms with Gasteiger partial charge in [0.25, 0.3) is 5.22 Å². The first-order valence-corrected chi connectivity index (χ1v) is 11.5. The number of nitrogens with one attached hydrogen (secondary N) is 1. The second kappa shape index (κ2) is 8.02. The lowest BCUT2D eigenvalue weighted by molar-refractivity contribution is -0.115. The van der Waals surface area contributed by atoms with Crippen LogP contribution >= 0.6 is 11.8 Å². The molecular weight excluding hydrogens is 386 g/mol. The number of rotatable bonds is 6. The number of anilines is 1.